The summed E-state index contributed by atoms with van der Waals surface area (Å²) in [6, 6.07) is -1.49. The Morgan fingerprint density at radius 1 is 1.53 bits per heavy atom. The molecule has 0 saturated heterocycles. The van der Waals surface area contributed by atoms with Crippen LogP contribution < -0.4 is 5.32 Å². The van der Waals surface area contributed by atoms with Crippen LogP contribution in [0.4, 0.5) is 4.39 Å². The van der Waals surface area contributed by atoms with Crippen LogP contribution in [0, 0.1) is 0 Å². The first kappa shape index (κ1) is 15.6. The Balaban J connectivity index is 2.62. The number of hydrogen-bond donors (Lipinski definition) is 2. The van der Waals surface area contributed by atoms with Gasteiger partial charge in [0.05, 0.1) is 17.1 Å². The number of carbonyl (C=O) groups is 2. The lowest BCUT2D eigenvalue weighted by molar-refractivity contribution is -0.142. The molecular weight excluding hydrogens is 271 g/mol. The van der Waals surface area contributed by atoms with E-state index in [-0.39, 0.29) is 11.8 Å². The number of nitrogens with one attached hydrogen (secondary N) is 1. The number of hydrogen-bond acceptors (Lipinski definition) is 4. The highest BCUT2D eigenvalue weighted by Gasteiger charge is 2.22. The minimum Gasteiger partial charge on any atom is -0.480 e. The van der Waals surface area contributed by atoms with E-state index >= 15 is 0 Å². The number of aromatic nitrogens is 1. The van der Waals surface area contributed by atoms with Gasteiger partial charge in [-0.25, -0.2) is 14.2 Å². The number of carbonyl (C=O) groups excluding carboxylic acids is 1. The lowest BCUT2D eigenvalue weighted by Gasteiger charge is -2.13. The quantitative estimate of drug-likeness (QED) is 0.861. The molecule has 0 bridgehead atoms. The van der Waals surface area contributed by atoms with Crippen molar-refractivity contribution in [2.45, 2.75) is 38.6 Å². The fourth-order valence-electron chi connectivity index (χ4n) is 1.31. The SMILES string of the molecule is CC(C)(C)c1nc(CC(=O)NC(CF)C(=O)O)cs1. The van der Waals surface area contributed by atoms with Crippen molar-refractivity contribution in [3.8, 4) is 0 Å². The zero-order chi connectivity index (χ0) is 14.6. The van der Waals surface area contributed by atoms with Gasteiger partial charge < -0.3 is 10.4 Å². The molecule has 1 rings (SSSR count). The van der Waals surface area contributed by atoms with E-state index in [0.717, 1.165) is 5.01 Å². The topological polar surface area (TPSA) is 79.3 Å². The largest absolute Gasteiger partial charge is 0.480 e. The smallest absolute Gasteiger partial charge is 0.328 e. The Hall–Kier alpha value is -1.50. The highest BCUT2D eigenvalue weighted by molar-refractivity contribution is 7.09. The van der Waals surface area contributed by atoms with Gasteiger partial charge in [-0.3, -0.25) is 4.79 Å². The van der Waals surface area contributed by atoms with Gasteiger partial charge in [0, 0.05) is 10.8 Å². The van der Waals surface area contributed by atoms with Gasteiger partial charge in [0.25, 0.3) is 0 Å². The zero-order valence-electron chi connectivity index (χ0n) is 11.1. The number of nitrogens with zero attached hydrogens (tertiary/aromatic N) is 1. The minimum atomic E-state index is -1.49. The molecule has 2 N–H and O–H groups in total. The molecule has 1 atom stereocenters. The predicted octanol–water partition coefficient (Wildman–Crippen LogP) is 1.52. The Morgan fingerprint density at radius 2 is 2.16 bits per heavy atom. The third-order valence-corrected chi connectivity index (χ3v) is 3.64. The molecule has 0 radical (unpaired) electrons. The monoisotopic (exact) mass is 288 g/mol. The van der Waals surface area contributed by atoms with Crippen LogP contribution in [0.2, 0.25) is 0 Å². The lowest BCUT2D eigenvalue weighted by atomic mass is 9.98. The van der Waals surface area contributed by atoms with E-state index in [9.17, 15) is 14.0 Å². The average molecular weight is 288 g/mol. The van der Waals surface area contributed by atoms with Crippen molar-refractivity contribution in [1.29, 1.82) is 0 Å². The fraction of sp³-hybridized carbons (Fsp3) is 0.583. The van der Waals surface area contributed by atoms with Gasteiger partial charge in [0.1, 0.15) is 6.67 Å². The minimum absolute atomic E-state index is 0.0453. The number of thiazole rings is 1. The van der Waals surface area contributed by atoms with E-state index in [1.54, 1.807) is 5.38 Å². The third kappa shape index (κ3) is 4.59. The molecule has 1 amide bonds. The van der Waals surface area contributed by atoms with Crippen molar-refractivity contribution in [3.63, 3.8) is 0 Å². The van der Waals surface area contributed by atoms with Crippen LogP contribution in [0.5, 0.6) is 0 Å². The fourth-order valence-corrected chi connectivity index (χ4v) is 2.22. The van der Waals surface area contributed by atoms with Gasteiger partial charge in [-0.2, -0.15) is 0 Å². The summed E-state index contributed by atoms with van der Waals surface area (Å²) in [5, 5.41) is 13.4. The second-order valence-corrected chi connectivity index (χ2v) is 6.04. The molecule has 1 heterocycles. The molecular formula is C12H17FN2O3S. The summed E-state index contributed by atoms with van der Waals surface area (Å²) in [5.74, 6) is -1.93. The van der Waals surface area contributed by atoms with Crippen molar-refractivity contribution in [2.24, 2.45) is 0 Å². The summed E-state index contributed by atoms with van der Waals surface area (Å²) < 4.78 is 12.4. The summed E-state index contributed by atoms with van der Waals surface area (Å²) in [6.45, 7) is 4.91. The van der Waals surface area contributed by atoms with E-state index < -0.39 is 24.6 Å². The van der Waals surface area contributed by atoms with Crippen LogP contribution in [-0.2, 0) is 21.4 Å². The normalized spacial score (nSPS) is 13.1. The van der Waals surface area contributed by atoms with Gasteiger partial charge in [-0.1, -0.05) is 20.8 Å². The summed E-state index contributed by atoms with van der Waals surface area (Å²) in [5.41, 5.74) is 0.470. The first-order chi connectivity index (χ1) is 8.74. The molecule has 0 saturated carbocycles. The lowest BCUT2D eigenvalue weighted by Crippen LogP contribution is -2.43. The van der Waals surface area contributed by atoms with Crippen LogP contribution in [0.1, 0.15) is 31.5 Å². The van der Waals surface area contributed by atoms with Gasteiger partial charge in [-0.15, -0.1) is 11.3 Å². The van der Waals surface area contributed by atoms with Crippen LogP contribution in [0.3, 0.4) is 0 Å². The first-order valence-corrected chi connectivity index (χ1v) is 6.65. The van der Waals surface area contributed by atoms with E-state index in [2.05, 4.69) is 10.3 Å². The molecule has 106 valence electrons. The highest BCUT2D eigenvalue weighted by Crippen LogP contribution is 2.25. The molecule has 1 aromatic heterocycles. The maximum atomic E-state index is 12.4. The predicted molar refractivity (Wildman–Crippen MR) is 70.1 cm³/mol. The maximum absolute atomic E-state index is 12.4. The Morgan fingerprint density at radius 3 is 2.58 bits per heavy atom. The molecule has 0 aromatic carbocycles. The van der Waals surface area contributed by atoms with E-state index in [4.69, 9.17) is 5.11 Å². The number of carboxylic acid groups (broad SMARTS) is 1. The summed E-state index contributed by atoms with van der Waals surface area (Å²) >= 11 is 1.45. The second-order valence-electron chi connectivity index (χ2n) is 5.18. The summed E-state index contributed by atoms with van der Waals surface area (Å²) in [7, 11) is 0. The van der Waals surface area contributed by atoms with Crippen molar-refractivity contribution in [2.75, 3.05) is 6.67 Å². The number of aliphatic carboxylic acids is 1. The molecule has 0 aliphatic rings. The molecule has 5 nitrogen and oxygen atoms in total. The van der Waals surface area contributed by atoms with E-state index in [1.807, 2.05) is 20.8 Å². The molecule has 0 aliphatic heterocycles. The van der Waals surface area contributed by atoms with Gasteiger partial charge in [0.2, 0.25) is 5.91 Å². The Kier molecular flexibility index (Phi) is 4.99. The maximum Gasteiger partial charge on any atom is 0.328 e. The van der Waals surface area contributed by atoms with Gasteiger partial charge >= 0.3 is 5.97 Å². The number of alkyl halides is 1. The Bertz CT molecular complexity index is 468. The molecule has 1 unspecified atom stereocenters. The number of carboxylic acids is 1. The highest BCUT2D eigenvalue weighted by atomic mass is 32.1. The van der Waals surface area contributed by atoms with Crippen LogP contribution >= 0.6 is 11.3 Å². The van der Waals surface area contributed by atoms with Gasteiger partial charge in [-0.05, 0) is 0 Å². The molecule has 0 aliphatic carbocycles. The van der Waals surface area contributed by atoms with Crippen LogP contribution in [0.25, 0.3) is 0 Å². The van der Waals surface area contributed by atoms with Crippen molar-refractivity contribution in [3.05, 3.63) is 16.1 Å². The number of halogens is 1. The van der Waals surface area contributed by atoms with Crippen molar-refractivity contribution >= 4 is 23.2 Å². The Labute approximate surface area is 114 Å². The van der Waals surface area contributed by atoms with Crippen LogP contribution in [-0.4, -0.2) is 34.7 Å². The van der Waals surface area contributed by atoms with Gasteiger partial charge in [0.15, 0.2) is 6.04 Å². The average Bonchev–Trinajstić information content (AvgIpc) is 2.73. The van der Waals surface area contributed by atoms with Crippen molar-refractivity contribution < 1.29 is 19.1 Å². The van der Waals surface area contributed by atoms with E-state index in [0.29, 0.717) is 5.69 Å². The third-order valence-electron chi connectivity index (χ3n) is 2.32. The van der Waals surface area contributed by atoms with E-state index in [1.165, 1.54) is 11.3 Å². The summed E-state index contributed by atoms with van der Waals surface area (Å²) in [4.78, 5) is 26.5. The standard InChI is InChI=1S/C12H17FN2O3S/c1-12(2,3)11-14-7(6-19-11)4-9(16)15-8(5-13)10(17)18/h6,8H,4-5H2,1-3H3,(H,15,16)(H,17,18). The molecule has 0 spiro atoms. The van der Waals surface area contributed by atoms with Crippen molar-refractivity contribution in [1.82, 2.24) is 10.3 Å². The molecule has 7 heteroatoms. The first-order valence-electron chi connectivity index (χ1n) is 5.77. The number of amides is 1. The zero-order valence-corrected chi connectivity index (χ0v) is 11.9. The molecule has 0 fully saturated rings. The molecule has 1 aromatic rings. The summed E-state index contributed by atoms with van der Waals surface area (Å²) in [6.07, 6.45) is -0.0453. The molecule has 19 heavy (non-hydrogen) atoms. The second kappa shape index (κ2) is 6.10. The van der Waals surface area contributed by atoms with Crippen LogP contribution in [0.15, 0.2) is 5.38 Å². The number of rotatable bonds is 5.